The lowest BCUT2D eigenvalue weighted by molar-refractivity contribution is 0.589. The van der Waals surface area contributed by atoms with Crippen LogP contribution in [-0.2, 0) is 11.0 Å². The molecule has 0 radical (unpaired) electrons. The second kappa shape index (κ2) is 13.4. The Bertz CT molecular complexity index is 248. The fourth-order valence-electron chi connectivity index (χ4n) is 1.93. The predicted molar refractivity (Wildman–Crippen MR) is 77.1 cm³/mol. The van der Waals surface area contributed by atoms with Crippen molar-refractivity contribution in [3.63, 3.8) is 0 Å². The zero-order valence-electron chi connectivity index (χ0n) is 11.0. The summed E-state index contributed by atoms with van der Waals surface area (Å²) in [4.78, 5) is 0. The van der Waals surface area contributed by atoms with Crippen molar-refractivity contribution in [3.05, 3.63) is 35.9 Å². The Morgan fingerprint density at radius 2 is 1.35 bits per heavy atom. The van der Waals surface area contributed by atoms with Gasteiger partial charge in [-0.05, 0) is 18.4 Å². The maximum absolute atomic E-state index is 8.06. The molecule has 0 fully saturated rings. The van der Waals surface area contributed by atoms with Gasteiger partial charge in [-0.2, -0.15) is 0 Å². The zero-order valence-corrected chi connectivity index (χ0v) is 12.0. The number of rotatable bonds is 8. The Balaban J connectivity index is 0.00000121. The van der Waals surface area contributed by atoms with Crippen LogP contribution in [0.2, 0.25) is 0 Å². The molecule has 96 valence electrons. The highest BCUT2D eigenvalue weighted by atomic mass is 31.0. The molecule has 0 amide bonds. The van der Waals surface area contributed by atoms with Crippen molar-refractivity contribution in [2.75, 3.05) is 0 Å². The van der Waals surface area contributed by atoms with Gasteiger partial charge < -0.3 is 0 Å². The first-order valence-corrected chi connectivity index (χ1v) is 7.08. The van der Waals surface area contributed by atoms with Crippen LogP contribution in [-0.4, -0.2) is 0 Å². The summed E-state index contributed by atoms with van der Waals surface area (Å²) in [5.74, 6) is 0. The van der Waals surface area contributed by atoms with Gasteiger partial charge >= 0.3 is 0 Å². The number of unbranched alkanes of at least 4 members (excludes halogenated alkanes) is 6. The quantitative estimate of drug-likeness (QED) is 0.444. The number of hydrogen-bond acceptors (Lipinski definition) is 1. The molecule has 0 saturated heterocycles. The van der Waals surface area contributed by atoms with Crippen molar-refractivity contribution >= 4 is 9.12 Å². The van der Waals surface area contributed by atoms with Gasteiger partial charge in [-0.15, -0.1) is 0 Å². The van der Waals surface area contributed by atoms with Crippen LogP contribution >= 0.6 is 9.12 Å². The van der Waals surface area contributed by atoms with E-state index in [-0.39, 0.29) is 0 Å². The third kappa shape index (κ3) is 10.2. The highest BCUT2D eigenvalue weighted by Gasteiger charge is 1.92. The third-order valence-electron chi connectivity index (χ3n) is 2.91. The second-order valence-electron chi connectivity index (χ2n) is 4.36. The van der Waals surface area contributed by atoms with Gasteiger partial charge in [0.2, 0.25) is 0 Å². The molecule has 1 rings (SSSR count). The van der Waals surface area contributed by atoms with Crippen LogP contribution in [0.5, 0.6) is 0 Å². The lowest BCUT2D eigenvalue weighted by Gasteiger charge is -2.01. The molecule has 0 spiro atoms. The van der Waals surface area contributed by atoms with Crippen LogP contribution in [0.4, 0.5) is 0 Å². The maximum Gasteiger partial charge on any atom is 0.138 e. The Morgan fingerprint density at radius 1 is 0.824 bits per heavy atom. The van der Waals surface area contributed by atoms with Crippen LogP contribution in [0.15, 0.2) is 30.3 Å². The van der Waals surface area contributed by atoms with E-state index in [4.69, 9.17) is 4.57 Å². The second-order valence-corrected chi connectivity index (χ2v) is 4.36. The summed E-state index contributed by atoms with van der Waals surface area (Å²) in [6.07, 6.45) is 11.1. The number of benzene rings is 1. The van der Waals surface area contributed by atoms with Gasteiger partial charge in [0.25, 0.3) is 0 Å². The van der Waals surface area contributed by atoms with Crippen LogP contribution in [0.1, 0.15) is 57.4 Å². The Kier molecular flexibility index (Phi) is 12.8. The summed E-state index contributed by atoms with van der Waals surface area (Å²) in [5, 5.41) is 0. The molecule has 0 bridgehead atoms. The molecule has 0 saturated carbocycles. The molecule has 0 N–H and O–H groups in total. The van der Waals surface area contributed by atoms with Crippen molar-refractivity contribution in [2.45, 2.75) is 58.3 Å². The number of aryl methyl sites for hydroxylation is 1. The first kappa shape index (κ1) is 16.3. The first-order valence-electron chi connectivity index (χ1n) is 6.68. The van der Waals surface area contributed by atoms with Gasteiger partial charge in [0, 0.05) is 0 Å². The van der Waals surface area contributed by atoms with E-state index in [2.05, 4.69) is 37.3 Å². The summed E-state index contributed by atoms with van der Waals surface area (Å²) in [5.41, 5.74) is 1.49. The molecule has 0 aliphatic carbocycles. The maximum atomic E-state index is 8.06. The van der Waals surface area contributed by atoms with E-state index in [9.17, 15) is 0 Å². The van der Waals surface area contributed by atoms with E-state index in [1.54, 1.807) is 9.12 Å². The van der Waals surface area contributed by atoms with Crippen molar-refractivity contribution < 1.29 is 4.57 Å². The van der Waals surface area contributed by atoms with E-state index < -0.39 is 0 Å². The Hall–Kier alpha value is -0.680. The highest BCUT2D eigenvalue weighted by molar-refractivity contribution is 7.00. The minimum absolute atomic E-state index is 1.26. The normalized spacial score (nSPS) is 9.47. The van der Waals surface area contributed by atoms with Crippen molar-refractivity contribution in [2.24, 2.45) is 0 Å². The molecule has 0 atom stereocenters. The predicted octanol–water partition coefficient (Wildman–Crippen LogP) is 5.45. The summed E-state index contributed by atoms with van der Waals surface area (Å²) in [6.45, 7) is 2.27. The summed E-state index contributed by atoms with van der Waals surface area (Å²) < 4.78 is 8.06. The third-order valence-corrected chi connectivity index (χ3v) is 2.91. The molecule has 0 aromatic heterocycles. The topological polar surface area (TPSA) is 17.1 Å². The summed E-state index contributed by atoms with van der Waals surface area (Å²) in [6, 6.07) is 10.8. The fraction of sp³-hybridized carbons (Fsp3) is 0.600. The van der Waals surface area contributed by atoms with Gasteiger partial charge in [0.15, 0.2) is 0 Å². The molecular formula is C15H25OP. The zero-order chi connectivity index (χ0) is 12.8. The van der Waals surface area contributed by atoms with E-state index in [1.807, 2.05) is 0 Å². The van der Waals surface area contributed by atoms with Gasteiger partial charge in [-0.3, -0.25) is 4.57 Å². The standard InChI is InChI=1S/C15H24.HOP/c1-2-3-4-5-6-7-9-12-15-13-10-8-11-14-15;1-2/h8,10-11,13-14H,2-7,9,12H2,1H3;2H. The van der Waals surface area contributed by atoms with E-state index >= 15 is 0 Å². The number of hydrogen-bond donors (Lipinski definition) is 0. The van der Waals surface area contributed by atoms with Crippen molar-refractivity contribution in [1.29, 1.82) is 0 Å². The smallest absolute Gasteiger partial charge is 0.138 e. The van der Waals surface area contributed by atoms with E-state index in [1.165, 1.54) is 56.9 Å². The van der Waals surface area contributed by atoms with E-state index in [0.717, 1.165) is 0 Å². The average Bonchev–Trinajstić information content (AvgIpc) is 2.41. The summed E-state index contributed by atoms with van der Waals surface area (Å²) >= 11 is 0. The summed E-state index contributed by atoms with van der Waals surface area (Å²) in [7, 11) is 1.72. The molecule has 1 aromatic carbocycles. The van der Waals surface area contributed by atoms with Gasteiger partial charge in [0.05, 0.1) is 0 Å². The van der Waals surface area contributed by atoms with Gasteiger partial charge in [-0.25, -0.2) is 0 Å². The monoisotopic (exact) mass is 252 g/mol. The van der Waals surface area contributed by atoms with Crippen LogP contribution in [0.25, 0.3) is 0 Å². The Morgan fingerprint density at radius 3 is 1.94 bits per heavy atom. The van der Waals surface area contributed by atoms with Crippen LogP contribution in [0, 0.1) is 0 Å². The molecule has 1 aromatic rings. The highest BCUT2D eigenvalue weighted by Crippen LogP contribution is 2.10. The average molecular weight is 252 g/mol. The minimum Gasteiger partial charge on any atom is -0.279 e. The molecule has 17 heavy (non-hydrogen) atoms. The molecule has 0 aliphatic heterocycles. The molecule has 0 unspecified atom stereocenters. The molecule has 1 nitrogen and oxygen atoms in total. The van der Waals surface area contributed by atoms with Crippen molar-refractivity contribution in [1.82, 2.24) is 0 Å². The van der Waals surface area contributed by atoms with Gasteiger partial charge in [0.1, 0.15) is 9.12 Å². The molecule has 0 aliphatic rings. The SMILES string of the molecule is CCCCCCCCCc1ccccc1.O=P. The molecule has 0 heterocycles. The largest absolute Gasteiger partial charge is 0.279 e. The molecular weight excluding hydrogens is 227 g/mol. The first-order chi connectivity index (χ1) is 8.43. The van der Waals surface area contributed by atoms with Crippen molar-refractivity contribution in [3.8, 4) is 0 Å². The Labute approximate surface area is 108 Å². The lowest BCUT2D eigenvalue weighted by Crippen LogP contribution is -1.85. The minimum atomic E-state index is 1.26. The van der Waals surface area contributed by atoms with Crippen LogP contribution < -0.4 is 0 Å². The molecule has 2 heteroatoms. The fourth-order valence-corrected chi connectivity index (χ4v) is 1.93. The van der Waals surface area contributed by atoms with E-state index in [0.29, 0.717) is 0 Å². The lowest BCUT2D eigenvalue weighted by atomic mass is 10.0. The van der Waals surface area contributed by atoms with Gasteiger partial charge in [-0.1, -0.05) is 75.8 Å². The van der Waals surface area contributed by atoms with Crippen LogP contribution in [0.3, 0.4) is 0 Å².